The largest absolute Gasteiger partial charge is 0.317 e. The molecule has 1 aromatic heterocycles. The molecule has 0 saturated carbocycles. The third-order valence-corrected chi connectivity index (χ3v) is 4.26. The second-order valence-corrected chi connectivity index (χ2v) is 6.01. The van der Waals surface area contributed by atoms with Crippen molar-refractivity contribution < 1.29 is 0 Å². The molecule has 1 saturated heterocycles. The Balaban J connectivity index is 1.93. The van der Waals surface area contributed by atoms with Gasteiger partial charge in [0.05, 0.1) is 0 Å². The number of pyridine rings is 1. The lowest BCUT2D eigenvalue weighted by Gasteiger charge is -2.21. The van der Waals surface area contributed by atoms with Gasteiger partial charge in [-0.3, -0.25) is 4.98 Å². The highest BCUT2D eigenvalue weighted by Gasteiger charge is 2.14. The Kier molecular flexibility index (Phi) is 4.24. The molecule has 0 amide bonds. The fourth-order valence-electron chi connectivity index (χ4n) is 1.91. The van der Waals surface area contributed by atoms with E-state index >= 15 is 0 Å². The number of aromatic nitrogens is 1. The first-order valence-corrected chi connectivity index (χ1v) is 6.97. The summed E-state index contributed by atoms with van der Waals surface area (Å²) in [7, 11) is 0. The Morgan fingerprint density at radius 2 is 2.06 bits per heavy atom. The molecule has 2 rings (SSSR count). The predicted octanol–water partition coefficient (Wildman–Crippen LogP) is 3.05. The van der Waals surface area contributed by atoms with Gasteiger partial charge in [0.2, 0.25) is 0 Å². The molecule has 0 radical (unpaired) electrons. The lowest BCUT2D eigenvalue weighted by molar-refractivity contribution is 0.531. The van der Waals surface area contributed by atoms with Gasteiger partial charge >= 0.3 is 0 Å². The molecular weight excluding hydrogens is 216 g/mol. The zero-order valence-electron chi connectivity index (χ0n) is 10.1. The van der Waals surface area contributed by atoms with Gasteiger partial charge < -0.3 is 5.32 Å². The summed E-state index contributed by atoms with van der Waals surface area (Å²) in [6.07, 6.45) is 4.58. The Morgan fingerprint density at radius 3 is 2.62 bits per heavy atom. The topological polar surface area (TPSA) is 24.9 Å². The van der Waals surface area contributed by atoms with E-state index in [2.05, 4.69) is 36.3 Å². The van der Waals surface area contributed by atoms with Crippen LogP contribution in [0.4, 0.5) is 0 Å². The van der Waals surface area contributed by atoms with Crippen molar-refractivity contribution in [1.82, 2.24) is 10.3 Å². The lowest BCUT2D eigenvalue weighted by atomic mass is 10.1. The van der Waals surface area contributed by atoms with E-state index in [-0.39, 0.29) is 0 Å². The van der Waals surface area contributed by atoms with Gasteiger partial charge in [-0.2, -0.15) is 0 Å². The fraction of sp³-hybridized carbons (Fsp3) is 0.615. The molecular formula is C13H20N2S. The molecule has 2 heterocycles. The molecule has 1 N–H and O–H groups in total. The van der Waals surface area contributed by atoms with E-state index in [0.29, 0.717) is 5.92 Å². The van der Waals surface area contributed by atoms with Crippen LogP contribution < -0.4 is 5.32 Å². The average molecular weight is 236 g/mol. The zero-order chi connectivity index (χ0) is 11.4. The van der Waals surface area contributed by atoms with Gasteiger partial charge in [0.1, 0.15) is 0 Å². The third-order valence-electron chi connectivity index (χ3n) is 2.94. The predicted molar refractivity (Wildman–Crippen MR) is 70.1 cm³/mol. The number of nitrogens with zero attached hydrogens (tertiary/aromatic N) is 1. The Bertz CT molecular complexity index is 315. The normalized spacial score (nSPS) is 17.9. The van der Waals surface area contributed by atoms with E-state index in [9.17, 15) is 0 Å². The second kappa shape index (κ2) is 5.69. The minimum absolute atomic E-state index is 0.526. The van der Waals surface area contributed by atoms with Crippen molar-refractivity contribution in [3.05, 3.63) is 24.0 Å². The SMILES string of the molecule is CC(C)c1ccc(SC2CCNCC2)cn1. The second-order valence-electron chi connectivity index (χ2n) is 4.64. The quantitative estimate of drug-likeness (QED) is 0.873. The average Bonchev–Trinajstić information content (AvgIpc) is 2.31. The van der Waals surface area contributed by atoms with Crippen LogP contribution >= 0.6 is 11.8 Å². The first-order chi connectivity index (χ1) is 7.75. The number of rotatable bonds is 3. The molecule has 0 unspecified atom stereocenters. The molecule has 2 nitrogen and oxygen atoms in total. The Labute approximate surface area is 102 Å². The van der Waals surface area contributed by atoms with Crippen LogP contribution in [0.3, 0.4) is 0 Å². The van der Waals surface area contributed by atoms with Crippen LogP contribution in [0.1, 0.15) is 38.3 Å². The van der Waals surface area contributed by atoms with Crippen LogP contribution in [0.25, 0.3) is 0 Å². The highest BCUT2D eigenvalue weighted by Crippen LogP contribution is 2.28. The van der Waals surface area contributed by atoms with Gasteiger partial charge in [-0.25, -0.2) is 0 Å². The van der Waals surface area contributed by atoms with E-state index in [1.54, 1.807) is 0 Å². The third kappa shape index (κ3) is 3.22. The summed E-state index contributed by atoms with van der Waals surface area (Å²) < 4.78 is 0. The van der Waals surface area contributed by atoms with E-state index in [1.165, 1.54) is 23.4 Å². The first kappa shape index (κ1) is 11.9. The van der Waals surface area contributed by atoms with Crippen LogP contribution in [0, 0.1) is 0 Å². The standard InChI is InChI=1S/C13H20N2S/c1-10(2)13-4-3-12(9-15-13)16-11-5-7-14-8-6-11/h3-4,9-11,14H,5-8H2,1-2H3. The number of thioether (sulfide) groups is 1. The van der Waals surface area contributed by atoms with Crippen LogP contribution in [0.15, 0.2) is 23.2 Å². The number of hydrogen-bond acceptors (Lipinski definition) is 3. The Hall–Kier alpha value is -0.540. The van der Waals surface area contributed by atoms with E-state index in [0.717, 1.165) is 18.3 Å². The van der Waals surface area contributed by atoms with Gasteiger partial charge in [0.15, 0.2) is 0 Å². The molecule has 88 valence electrons. The van der Waals surface area contributed by atoms with Crippen molar-refractivity contribution in [1.29, 1.82) is 0 Å². The van der Waals surface area contributed by atoms with Crippen LogP contribution in [0.5, 0.6) is 0 Å². The smallest absolute Gasteiger partial charge is 0.0429 e. The van der Waals surface area contributed by atoms with E-state index in [1.807, 2.05) is 18.0 Å². The highest BCUT2D eigenvalue weighted by atomic mass is 32.2. The van der Waals surface area contributed by atoms with Crippen LogP contribution in [0.2, 0.25) is 0 Å². The minimum atomic E-state index is 0.526. The molecule has 1 aliphatic rings. The first-order valence-electron chi connectivity index (χ1n) is 6.09. The molecule has 1 fully saturated rings. The maximum absolute atomic E-state index is 4.51. The molecule has 0 atom stereocenters. The summed E-state index contributed by atoms with van der Waals surface area (Å²) in [6, 6.07) is 4.38. The Morgan fingerprint density at radius 1 is 1.31 bits per heavy atom. The minimum Gasteiger partial charge on any atom is -0.317 e. The number of hydrogen-bond donors (Lipinski definition) is 1. The van der Waals surface area contributed by atoms with E-state index in [4.69, 9.17) is 0 Å². The van der Waals surface area contributed by atoms with Crippen molar-refractivity contribution in [3.8, 4) is 0 Å². The van der Waals surface area contributed by atoms with Crippen LogP contribution in [-0.2, 0) is 0 Å². The van der Waals surface area contributed by atoms with Crippen molar-refractivity contribution in [2.45, 2.75) is 42.8 Å². The monoisotopic (exact) mass is 236 g/mol. The summed E-state index contributed by atoms with van der Waals surface area (Å²) in [5, 5.41) is 4.17. The van der Waals surface area contributed by atoms with Crippen molar-refractivity contribution in [3.63, 3.8) is 0 Å². The van der Waals surface area contributed by atoms with Crippen LogP contribution in [-0.4, -0.2) is 23.3 Å². The number of nitrogens with one attached hydrogen (secondary N) is 1. The summed E-state index contributed by atoms with van der Waals surface area (Å²) >= 11 is 1.98. The van der Waals surface area contributed by atoms with Crippen molar-refractivity contribution in [2.75, 3.05) is 13.1 Å². The van der Waals surface area contributed by atoms with Gasteiger partial charge in [0, 0.05) is 22.0 Å². The molecule has 16 heavy (non-hydrogen) atoms. The maximum Gasteiger partial charge on any atom is 0.0429 e. The van der Waals surface area contributed by atoms with Gasteiger partial charge in [-0.1, -0.05) is 13.8 Å². The summed E-state index contributed by atoms with van der Waals surface area (Å²) in [5.74, 6) is 0.526. The zero-order valence-corrected chi connectivity index (χ0v) is 10.9. The molecule has 0 bridgehead atoms. The summed E-state index contributed by atoms with van der Waals surface area (Å²) in [5.41, 5.74) is 1.19. The number of piperidine rings is 1. The van der Waals surface area contributed by atoms with Crippen molar-refractivity contribution in [2.24, 2.45) is 0 Å². The maximum atomic E-state index is 4.51. The van der Waals surface area contributed by atoms with Gasteiger partial charge in [0.25, 0.3) is 0 Å². The summed E-state index contributed by atoms with van der Waals surface area (Å²) in [4.78, 5) is 5.82. The molecule has 1 aliphatic heterocycles. The van der Waals surface area contributed by atoms with Crippen molar-refractivity contribution >= 4 is 11.8 Å². The molecule has 1 aromatic rings. The molecule has 0 aliphatic carbocycles. The van der Waals surface area contributed by atoms with E-state index < -0.39 is 0 Å². The molecule has 0 spiro atoms. The molecule has 0 aromatic carbocycles. The summed E-state index contributed by atoms with van der Waals surface area (Å²) in [6.45, 7) is 6.69. The lowest BCUT2D eigenvalue weighted by Crippen LogP contribution is -2.29. The van der Waals surface area contributed by atoms with Gasteiger partial charge in [-0.15, -0.1) is 11.8 Å². The highest BCUT2D eigenvalue weighted by molar-refractivity contribution is 8.00. The molecule has 3 heteroatoms. The fourth-order valence-corrected chi connectivity index (χ4v) is 3.03. The van der Waals surface area contributed by atoms with Gasteiger partial charge in [-0.05, 0) is 44.0 Å².